The molecule has 0 spiro atoms. The van der Waals surface area contributed by atoms with Gasteiger partial charge in [-0.05, 0) is 35.2 Å². The first kappa shape index (κ1) is 27.3. The number of carbonyl (C=O) groups excluding carboxylic acids is 2. The molecule has 0 radical (unpaired) electrons. The highest BCUT2D eigenvalue weighted by Crippen LogP contribution is 2.38. The smallest absolute Gasteiger partial charge is 0.272 e. The summed E-state index contributed by atoms with van der Waals surface area (Å²) in [5.41, 5.74) is 4.16. The van der Waals surface area contributed by atoms with Crippen molar-refractivity contribution in [2.45, 2.75) is 6.29 Å². The van der Waals surface area contributed by atoms with Gasteiger partial charge in [-0.1, -0.05) is 24.3 Å². The topological polar surface area (TPSA) is 121 Å². The van der Waals surface area contributed by atoms with Crippen molar-refractivity contribution in [2.24, 2.45) is 12.9 Å². The third-order valence-corrected chi connectivity index (χ3v) is 7.82. The number of nitrogens with two attached hydrogens (primary N) is 1. The van der Waals surface area contributed by atoms with Crippen LogP contribution in [0.15, 0.2) is 66.3 Å². The summed E-state index contributed by atoms with van der Waals surface area (Å²) in [6.45, 7) is 0.0591. The molecular weight excluding hydrogens is 530 g/mol. The number of pyridine rings is 1. The van der Waals surface area contributed by atoms with E-state index in [1.54, 1.807) is 19.4 Å². The molecule has 0 fully saturated rings. The molecule has 3 heterocycles. The molecule has 5 rings (SSSR count). The second-order valence-electron chi connectivity index (χ2n) is 9.09. The van der Waals surface area contributed by atoms with E-state index in [4.69, 9.17) is 20.1 Å². The summed E-state index contributed by atoms with van der Waals surface area (Å²) in [6, 6.07) is 15.2. The van der Waals surface area contributed by atoms with Crippen LogP contribution in [0.2, 0.25) is 0 Å². The summed E-state index contributed by atoms with van der Waals surface area (Å²) < 4.78 is 18.6. The van der Waals surface area contributed by atoms with Crippen LogP contribution >= 0.6 is 11.3 Å². The van der Waals surface area contributed by atoms with Gasteiger partial charge in [0.15, 0.2) is 6.29 Å². The Morgan fingerprint density at radius 1 is 1.10 bits per heavy atom. The number of hydrogen-bond donors (Lipinski definition) is 2. The number of hydrazine groups is 1. The fourth-order valence-corrected chi connectivity index (χ4v) is 5.68. The number of ether oxygens (including phenoxy) is 3. The number of para-hydroxylation sites is 1. The average Bonchev–Trinajstić information content (AvgIpc) is 3.57. The van der Waals surface area contributed by atoms with Crippen LogP contribution < -0.4 is 15.9 Å². The number of aromatic nitrogens is 2. The zero-order valence-corrected chi connectivity index (χ0v) is 23.3. The van der Waals surface area contributed by atoms with E-state index in [0.29, 0.717) is 22.7 Å². The predicted octanol–water partition coefficient (Wildman–Crippen LogP) is 4.65. The zero-order chi connectivity index (χ0) is 28.4. The molecule has 40 heavy (non-hydrogen) atoms. The summed E-state index contributed by atoms with van der Waals surface area (Å²) in [4.78, 5) is 30.6. The van der Waals surface area contributed by atoms with Crippen LogP contribution in [0.25, 0.3) is 32.1 Å². The predicted molar refractivity (Wildman–Crippen MR) is 156 cm³/mol. The van der Waals surface area contributed by atoms with Gasteiger partial charge in [-0.3, -0.25) is 19.6 Å². The Kier molecular flexibility index (Phi) is 7.81. The number of carbonyl (C=O) groups is 2. The van der Waals surface area contributed by atoms with Crippen LogP contribution in [0.5, 0.6) is 5.75 Å². The van der Waals surface area contributed by atoms with Crippen molar-refractivity contribution in [1.29, 1.82) is 0 Å². The highest BCUT2D eigenvalue weighted by molar-refractivity contribution is 7.18. The van der Waals surface area contributed by atoms with Gasteiger partial charge in [-0.15, -0.1) is 11.3 Å². The van der Waals surface area contributed by atoms with Crippen molar-refractivity contribution in [3.8, 4) is 16.9 Å². The van der Waals surface area contributed by atoms with Crippen LogP contribution in [0, 0.1) is 0 Å². The summed E-state index contributed by atoms with van der Waals surface area (Å²) in [5.74, 6) is 5.89. The number of nitrogens with zero attached hydrogens (tertiary/aromatic N) is 3. The second kappa shape index (κ2) is 11.4. The Hall–Kier alpha value is -4.29. The Labute approximate surface area is 234 Å². The van der Waals surface area contributed by atoms with Gasteiger partial charge in [0.1, 0.15) is 11.4 Å². The van der Waals surface area contributed by atoms with Crippen molar-refractivity contribution < 1.29 is 23.8 Å². The number of fused-ring (bicyclic) bond motifs is 2. The summed E-state index contributed by atoms with van der Waals surface area (Å²) in [5, 5.41) is 7.78. The molecule has 11 heteroatoms. The lowest BCUT2D eigenvalue weighted by Gasteiger charge is -2.21. The van der Waals surface area contributed by atoms with E-state index in [-0.39, 0.29) is 12.5 Å². The lowest BCUT2D eigenvalue weighted by molar-refractivity contribution is -0.112. The fourth-order valence-electron chi connectivity index (χ4n) is 4.62. The van der Waals surface area contributed by atoms with E-state index in [0.717, 1.165) is 37.1 Å². The molecule has 10 nitrogen and oxygen atoms in total. The number of hydrogen-bond acceptors (Lipinski definition) is 8. The number of amides is 2. The number of thiophene rings is 1. The van der Waals surface area contributed by atoms with E-state index >= 15 is 0 Å². The third-order valence-electron chi connectivity index (χ3n) is 6.79. The van der Waals surface area contributed by atoms with Crippen molar-refractivity contribution in [2.75, 3.05) is 33.2 Å². The molecule has 0 saturated carbocycles. The van der Waals surface area contributed by atoms with Gasteiger partial charge < -0.3 is 24.1 Å². The normalized spacial score (nSPS) is 11.3. The Morgan fingerprint density at radius 2 is 1.88 bits per heavy atom. The number of methoxy groups -OCH3 is 3. The summed E-state index contributed by atoms with van der Waals surface area (Å²) in [6.07, 6.45) is 2.58. The van der Waals surface area contributed by atoms with Gasteiger partial charge in [-0.2, -0.15) is 0 Å². The lowest BCUT2D eigenvalue weighted by atomic mass is 10.0. The zero-order valence-electron chi connectivity index (χ0n) is 22.5. The first-order chi connectivity index (χ1) is 19.4. The number of nitrogens with one attached hydrogen (secondary N) is 1. The van der Waals surface area contributed by atoms with Gasteiger partial charge in [0.25, 0.3) is 11.8 Å². The minimum absolute atomic E-state index is 0.0591. The van der Waals surface area contributed by atoms with Crippen molar-refractivity contribution in [3.63, 3.8) is 0 Å². The first-order valence-corrected chi connectivity index (χ1v) is 13.3. The molecule has 206 valence electrons. The maximum atomic E-state index is 13.2. The number of anilines is 1. The SMILES string of the molecule is COc1cc(-c2csc3c(C(=O)N(N)CC(OC)OC)cncc23)ccc1NC(=O)c1cc2ccccc2n1C. The van der Waals surface area contributed by atoms with Gasteiger partial charge in [0, 0.05) is 55.5 Å². The monoisotopic (exact) mass is 559 g/mol. The fraction of sp³-hybridized carbons (Fsp3) is 0.207. The maximum Gasteiger partial charge on any atom is 0.272 e. The van der Waals surface area contributed by atoms with Crippen LogP contribution in [0.3, 0.4) is 0 Å². The lowest BCUT2D eigenvalue weighted by Crippen LogP contribution is -2.43. The molecule has 0 bridgehead atoms. The number of rotatable bonds is 9. The molecule has 0 atom stereocenters. The maximum absolute atomic E-state index is 13.2. The third kappa shape index (κ3) is 5.03. The Bertz CT molecular complexity index is 1710. The Balaban J connectivity index is 1.43. The van der Waals surface area contributed by atoms with Gasteiger partial charge in [0.05, 0.1) is 29.6 Å². The highest BCUT2D eigenvalue weighted by atomic mass is 32.1. The van der Waals surface area contributed by atoms with Crippen molar-refractivity contribution >= 4 is 49.8 Å². The van der Waals surface area contributed by atoms with E-state index < -0.39 is 12.2 Å². The Morgan fingerprint density at radius 3 is 2.60 bits per heavy atom. The van der Waals surface area contributed by atoms with Gasteiger partial charge in [0.2, 0.25) is 0 Å². The summed E-state index contributed by atoms with van der Waals surface area (Å²) in [7, 11) is 6.38. The van der Waals surface area contributed by atoms with Crippen LogP contribution in [0.1, 0.15) is 20.8 Å². The quantitative estimate of drug-likeness (QED) is 0.117. The molecule has 0 aliphatic heterocycles. The van der Waals surface area contributed by atoms with Crippen molar-refractivity contribution in [1.82, 2.24) is 14.6 Å². The summed E-state index contributed by atoms with van der Waals surface area (Å²) >= 11 is 1.42. The number of aryl methyl sites for hydroxylation is 1. The molecular formula is C29H29N5O5S. The van der Waals surface area contributed by atoms with Crippen LogP contribution in [0.4, 0.5) is 5.69 Å². The minimum Gasteiger partial charge on any atom is -0.495 e. The minimum atomic E-state index is -0.646. The highest BCUT2D eigenvalue weighted by Gasteiger charge is 2.22. The first-order valence-electron chi connectivity index (χ1n) is 12.4. The number of benzene rings is 2. The molecule has 0 aliphatic carbocycles. The molecule has 5 aromatic rings. The van der Waals surface area contributed by atoms with Crippen molar-refractivity contribution in [3.05, 3.63) is 77.6 Å². The van der Waals surface area contributed by atoms with E-state index in [9.17, 15) is 9.59 Å². The second-order valence-corrected chi connectivity index (χ2v) is 9.97. The van der Waals surface area contributed by atoms with Gasteiger partial charge >= 0.3 is 0 Å². The van der Waals surface area contributed by atoms with E-state index in [1.807, 2.05) is 59.5 Å². The molecule has 0 saturated heterocycles. The molecule has 3 N–H and O–H groups in total. The van der Waals surface area contributed by atoms with Crippen LogP contribution in [-0.2, 0) is 16.5 Å². The average molecular weight is 560 g/mol. The van der Waals surface area contributed by atoms with Crippen LogP contribution in [-0.4, -0.2) is 60.5 Å². The molecule has 2 amide bonds. The standard InChI is InChI=1S/C29H29N5O5S/c1-33-23-8-6-5-7-18(23)11-24(33)28(35)32-22-10-9-17(12-25(22)37-2)21-16-40-27-19(21)13-31-14-20(27)29(36)34(30)15-26(38-3)39-4/h5-14,16,26H,15,30H2,1-4H3,(H,32,35). The van der Waals surface area contributed by atoms with E-state index in [1.165, 1.54) is 31.8 Å². The molecule has 0 unspecified atom stereocenters. The molecule has 3 aromatic heterocycles. The largest absolute Gasteiger partial charge is 0.495 e. The van der Waals surface area contributed by atoms with Gasteiger partial charge in [-0.25, -0.2) is 5.84 Å². The van der Waals surface area contributed by atoms with E-state index in [2.05, 4.69) is 10.3 Å². The molecule has 2 aromatic carbocycles. The molecule has 0 aliphatic rings.